The summed E-state index contributed by atoms with van der Waals surface area (Å²) >= 11 is 2.08. The van der Waals surface area contributed by atoms with Gasteiger partial charge in [0.1, 0.15) is 12.2 Å². The standard InChI is InChI=1S/C15H28N6S/c1-4-14-20-18-11-21(14)9-8-17-15(16-3)19-12-6-7-13(10-12)22-5-2/h11-13H,4-10H2,1-3H3,(H2,16,17,19). The molecule has 2 rings (SSSR count). The minimum atomic E-state index is 0.552. The number of aromatic nitrogens is 3. The van der Waals surface area contributed by atoms with E-state index in [0.717, 1.165) is 36.5 Å². The van der Waals surface area contributed by atoms with Crippen LogP contribution in [0, 0.1) is 0 Å². The third-order valence-electron chi connectivity index (χ3n) is 4.01. The molecule has 1 aliphatic rings. The molecule has 0 radical (unpaired) electrons. The lowest BCUT2D eigenvalue weighted by molar-refractivity contribution is 0.595. The van der Waals surface area contributed by atoms with Crippen molar-refractivity contribution in [2.45, 2.75) is 57.4 Å². The lowest BCUT2D eigenvalue weighted by Crippen LogP contribution is -2.43. The summed E-state index contributed by atoms with van der Waals surface area (Å²) in [6, 6.07) is 0.552. The lowest BCUT2D eigenvalue weighted by Gasteiger charge is -2.17. The molecule has 0 spiro atoms. The van der Waals surface area contributed by atoms with Gasteiger partial charge in [0.25, 0.3) is 0 Å². The van der Waals surface area contributed by atoms with Crippen LogP contribution in [0.2, 0.25) is 0 Å². The molecule has 0 saturated heterocycles. The topological polar surface area (TPSA) is 67.1 Å². The molecule has 1 aromatic rings. The van der Waals surface area contributed by atoms with E-state index in [1.807, 2.05) is 7.05 Å². The first-order valence-electron chi connectivity index (χ1n) is 8.22. The highest BCUT2D eigenvalue weighted by Gasteiger charge is 2.24. The second-order valence-electron chi connectivity index (χ2n) is 5.52. The highest BCUT2D eigenvalue weighted by Crippen LogP contribution is 2.29. The summed E-state index contributed by atoms with van der Waals surface area (Å²) in [6.07, 6.45) is 6.49. The van der Waals surface area contributed by atoms with Gasteiger partial charge in [0.2, 0.25) is 0 Å². The van der Waals surface area contributed by atoms with E-state index in [1.54, 1.807) is 6.33 Å². The van der Waals surface area contributed by atoms with E-state index < -0.39 is 0 Å². The van der Waals surface area contributed by atoms with E-state index in [4.69, 9.17) is 0 Å². The van der Waals surface area contributed by atoms with Gasteiger partial charge in [-0.05, 0) is 25.0 Å². The second kappa shape index (κ2) is 9.02. The van der Waals surface area contributed by atoms with Crippen molar-refractivity contribution in [1.29, 1.82) is 0 Å². The lowest BCUT2D eigenvalue weighted by atomic mass is 10.2. The number of nitrogens with zero attached hydrogens (tertiary/aromatic N) is 4. The van der Waals surface area contributed by atoms with Gasteiger partial charge in [-0.15, -0.1) is 10.2 Å². The molecule has 6 nitrogen and oxygen atoms in total. The van der Waals surface area contributed by atoms with Crippen molar-refractivity contribution in [3.05, 3.63) is 12.2 Å². The highest BCUT2D eigenvalue weighted by molar-refractivity contribution is 7.99. The van der Waals surface area contributed by atoms with Crippen molar-refractivity contribution in [3.63, 3.8) is 0 Å². The van der Waals surface area contributed by atoms with Crippen LogP contribution < -0.4 is 10.6 Å². The number of aryl methyl sites for hydroxylation is 1. The van der Waals surface area contributed by atoms with Gasteiger partial charge in [-0.2, -0.15) is 11.8 Å². The molecule has 2 atom stereocenters. The zero-order chi connectivity index (χ0) is 15.8. The minimum Gasteiger partial charge on any atom is -0.355 e. The number of hydrogen-bond acceptors (Lipinski definition) is 4. The molecule has 2 N–H and O–H groups in total. The SMILES string of the molecule is CCSC1CCC(NC(=NC)NCCn2cnnc2CC)C1. The van der Waals surface area contributed by atoms with Crippen molar-refractivity contribution in [1.82, 2.24) is 25.4 Å². The maximum atomic E-state index is 4.33. The summed E-state index contributed by atoms with van der Waals surface area (Å²) < 4.78 is 2.09. The van der Waals surface area contributed by atoms with Crippen LogP contribution in [0.4, 0.5) is 0 Å². The predicted octanol–water partition coefficient (Wildman–Crippen LogP) is 1.68. The van der Waals surface area contributed by atoms with Crippen LogP contribution in [-0.4, -0.2) is 51.4 Å². The Morgan fingerprint density at radius 1 is 1.45 bits per heavy atom. The van der Waals surface area contributed by atoms with Gasteiger partial charge >= 0.3 is 0 Å². The number of guanidine groups is 1. The Hall–Kier alpha value is -1.24. The number of hydrogen-bond donors (Lipinski definition) is 2. The first-order valence-corrected chi connectivity index (χ1v) is 9.27. The van der Waals surface area contributed by atoms with Crippen LogP contribution >= 0.6 is 11.8 Å². The van der Waals surface area contributed by atoms with Crippen LogP contribution in [0.5, 0.6) is 0 Å². The van der Waals surface area contributed by atoms with E-state index >= 15 is 0 Å². The molecule has 0 aromatic carbocycles. The predicted molar refractivity (Wildman–Crippen MR) is 93.5 cm³/mol. The van der Waals surface area contributed by atoms with Crippen LogP contribution in [0.25, 0.3) is 0 Å². The molecular weight excluding hydrogens is 296 g/mol. The molecule has 0 bridgehead atoms. The smallest absolute Gasteiger partial charge is 0.191 e. The minimum absolute atomic E-state index is 0.552. The average Bonchev–Trinajstić information content (AvgIpc) is 3.15. The van der Waals surface area contributed by atoms with Gasteiger partial charge in [-0.25, -0.2) is 0 Å². The summed E-state index contributed by atoms with van der Waals surface area (Å²) in [6.45, 7) is 6.01. The van der Waals surface area contributed by atoms with Gasteiger partial charge in [0.15, 0.2) is 5.96 Å². The molecule has 22 heavy (non-hydrogen) atoms. The Labute approximate surface area is 137 Å². The molecule has 124 valence electrons. The van der Waals surface area contributed by atoms with Crippen molar-refractivity contribution in [2.24, 2.45) is 4.99 Å². The Morgan fingerprint density at radius 3 is 3.05 bits per heavy atom. The molecule has 1 heterocycles. The molecule has 1 aliphatic carbocycles. The van der Waals surface area contributed by atoms with E-state index in [-0.39, 0.29) is 0 Å². The van der Waals surface area contributed by atoms with Gasteiger partial charge < -0.3 is 15.2 Å². The van der Waals surface area contributed by atoms with Crippen LogP contribution in [0.15, 0.2) is 11.3 Å². The van der Waals surface area contributed by atoms with Crippen LogP contribution in [0.3, 0.4) is 0 Å². The van der Waals surface area contributed by atoms with Crippen LogP contribution in [0.1, 0.15) is 38.9 Å². The van der Waals surface area contributed by atoms with E-state index in [0.29, 0.717) is 6.04 Å². The van der Waals surface area contributed by atoms with E-state index in [9.17, 15) is 0 Å². The average molecular weight is 324 g/mol. The summed E-state index contributed by atoms with van der Waals surface area (Å²) in [5.74, 6) is 3.14. The van der Waals surface area contributed by atoms with Gasteiger partial charge in [-0.1, -0.05) is 13.8 Å². The summed E-state index contributed by atoms with van der Waals surface area (Å²) in [7, 11) is 1.83. The largest absolute Gasteiger partial charge is 0.355 e. The normalized spacial score (nSPS) is 22.0. The number of aliphatic imine (C=N–C) groups is 1. The second-order valence-corrected chi connectivity index (χ2v) is 7.10. The fourth-order valence-electron chi connectivity index (χ4n) is 2.88. The number of thioether (sulfide) groups is 1. The van der Waals surface area contributed by atoms with Crippen molar-refractivity contribution in [3.8, 4) is 0 Å². The summed E-state index contributed by atoms with van der Waals surface area (Å²) in [5.41, 5.74) is 0. The molecule has 0 amide bonds. The van der Waals surface area contributed by atoms with Crippen molar-refractivity contribution >= 4 is 17.7 Å². The zero-order valence-corrected chi connectivity index (χ0v) is 14.7. The maximum Gasteiger partial charge on any atom is 0.191 e. The van der Waals surface area contributed by atoms with Crippen molar-refractivity contribution in [2.75, 3.05) is 19.3 Å². The van der Waals surface area contributed by atoms with E-state index in [2.05, 4.69) is 56.0 Å². The van der Waals surface area contributed by atoms with Crippen molar-refractivity contribution < 1.29 is 0 Å². The van der Waals surface area contributed by atoms with E-state index in [1.165, 1.54) is 25.0 Å². The molecule has 1 aromatic heterocycles. The Bertz CT molecular complexity index is 472. The van der Waals surface area contributed by atoms with Gasteiger partial charge in [0, 0.05) is 37.8 Å². The third-order valence-corrected chi connectivity index (χ3v) is 5.24. The fourth-order valence-corrected chi connectivity index (χ4v) is 4.02. The Morgan fingerprint density at radius 2 is 2.32 bits per heavy atom. The zero-order valence-electron chi connectivity index (χ0n) is 13.9. The molecule has 7 heteroatoms. The van der Waals surface area contributed by atoms with Gasteiger partial charge in [-0.3, -0.25) is 4.99 Å². The highest BCUT2D eigenvalue weighted by atomic mass is 32.2. The molecule has 0 aliphatic heterocycles. The number of nitrogens with one attached hydrogen (secondary N) is 2. The molecule has 2 unspecified atom stereocenters. The monoisotopic (exact) mass is 324 g/mol. The van der Waals surface area contributed by atoms with Crippen LogP contribution in [-0.2, 0) is 13.0 Å². The number of rotatable bonds is 7. The summed E-state index contributed by atoms with van der Waals surface area (Å²) in [5, 5.41) is 15.8. The molecule has 1 saturated carbocycles. The fraction of sp³-hybridized carbons (Fsp3) is 0.800. The summed E-state index contributed by atoms with van der Waals surface area (Å²) in [4.78, 5) is 4.33. The first-order chi connectivity index (χ1) is 10.8. The quantitative estimate of drug-likeness (QED) is 0.590. The maximum absolute atomic E-state index is 4.33. The third kappa shape index (κ3) is 4.90. The Kier molecular flexibility index (Phi) is 7.02. The Balaban J connectivity index is 1.72. The molecular formula is C15H28N6S. The first kappa shape index (κ1) is 17.1. The molecule has 1 fully saturated rings. The van der Waals surface area contributed by atoms with Gasteiger partial charge in [0.05, 0.1) is 0 Å².